The van der Waals surface area contributed by atoms with E-state index in [9.17, 15) is 4.79 Å². The molecule has 3 aliphatic rings. The number of carbonyl (C=O) groups is 1. The third-order valence-electron chi connectivity index (χ3n) is 7.69. The standard InChI is InChI=1S/C28H43N3OS/c1-6-14-31(18-22-8-9-22)23-12-15-30(16-13-23)28(32)26-20(5)29-27(33-26)25-17-21(7-2)10-11-24(25)19(3)4/h11,17,19,21-23H,6-10,12-16,18H2,1-5H3. The van der Waals surface area contributed by atoms with Crippen molar-refractivity contribution in [1.29, 1.82) is 0 Å². The lowest BCUT2D eigenvalue weighted by Gasteiger charge is -2.38. The van der Waals surface area contributed by atoms with Gasteiger partial charge >= 0.3 is 0 Å². The SMILES string of the molecule is CCCN(CC1CC1)C1CCN(C(=O)c2sc(C3=CC(CC)CC=C3C(C)C)nc2C)CC1. The molecule has 0 spiro atoms. The van der Waals surface area contributed by atoms with Gasteiger partial charge in [-0.05, 0) is 81.7 Å². The molecule has 2 fully saturated rings. The molecule has 0 bridgehead atoms. The largest absolute Gasteiger partial charge is 0.338 e. The maximum absolute atomic E-state index is 13.5. The Balaban J connectivity index is 1.44. The number of allylic oxidation sites excluding steroid dienone is 4. The van der Waals surface area contributed by atoms with Crippen molar-refractivity contribution in [1.82, 2.24) is 14.8 Å². The molecular weight excluding hydrogens is 426 g/mol. The molecule has 0 N–H and O–H groups in total. The Bertz CT molecular complexity index is 887. The Labute approximate surface area is 205 Å². The van der Waals surface area contributed by atoms with Crippen molar-refractivity contribution < 1.29 is 4.79 Å². The van der Waals surface area contributed by atoms with E-state index in [-0.39, 0.29) is 5.91 Å². The highest BCUT2D eigenvalue weighted by atomic mass is 32.1. The minimum atomic E-state index is 0.192. The van der Waals surface area contributed by atoms with Crippen molar-refractivity contribution in [3.63, 3.8) is 0 Å². The van der Waals surface area contributed by atoms with Gasteiger partial charge in [-0.2, -0.15) is 0 Å². The lowest BCUT2D eigenvalue weighted by Crippen LogP contribution is -2.47. The van der Waals surface area contributed by atoms with Gasteiger partial charge in [0.25, 0.3) is 5.91 Å². The average Bonchev–Trinajstić information content (AvgIpc) is 3.56. The summed E-state index contributed by atoms with van der Waals surface area (Å²) in [4.78, 5) is 24.1. The van der Waals surface area contributed by atoms with Crippen LogP contribution < -0.4 is 0 Å². The lowest BCUT2D eigenvalue weighted by molar-refractivity contribution is 0.0615. The number of rotatable bonds is 9. The normalized spacial score (nSPS) is 22.2. The molecule has 0 aromatic carbocycles. The number of hydrogen-bond donors (Lipinski definition) is 0. The van der Waals surface area contributed by atoms with Crippen LogP contribution in [-0.4, -0.2) is 52.9 Å². The quantitative estimate of drug-likeness (QED) is 0.410. The molecule has 4 rings (SSSR count). The number of hydrogen-bond acceptors (Lipinski definition) is 4. The van der Waals surface area contributed by atoms with Crippen LogP contribution in [0.2, 0.25) is 0 Å². The van der Waals surface area contributed by atoms with Gasteiger partial charge in [0.2, 0.25) is 0 Å². The number of piperidine rings is 1. The third kappa shape index (κ3) is 5.79. The van der Waals surface area contributed by atoms with E-state index in [0.29, 0.717) is 17.9 Å². The van der Waals surface area contributed by atoms with Crippen LogP contribution in [0.1, 0.15) is 93.0 Å². The highest BCUT2D eigenvalue weighted by Gasteiger charge is 2.32. The molecule has 1 saturated carbocycles. The van der Waals surface area contributed by atoms with Gasteiger partial charge in [0, 0.05) is 31.2 Å². The number of aromatic nitrogens is 1. The molecule has 4 nitrogen and oxygen atoms in total. The summed E-state index contributed by atoms with van der Waals surface area (Å²) < 4.78 is 0. The molecule has 1 unspecified atom stereocenters. The number of amides is 1. The van der Waals surface area contributed by atoms with Crippen LogP contribution in [0.4, 0.5) is 0 Å². The van der Waals surface area contributed by atoms with Crippen LogP contribution in [0.15, 0.2) is 17.7 Å². The molecule has 1 amide bonds. The van der Waals surface area contributed by atoms with E-state index in [1.807, 2.05) is 6.92 Å². The van der Waals surface area contributed by atoms with Gasteiger partial charge in [0.15, 0.2) is 0 Å². The zero-order valence-electron chi connectivity index (χ0n) is 21.4. The van der Waals surface area contributed by atoms with Crippen molar-refractivity contribution in [2.45, 2.75) is 85.6 Å². The zero-order chi connectivity index (χ0) is 23.5. The Morgan fingerprint density at radius 3 is 2.55 bits per heavy atom. The Morgan fingerprint density at radius 1 is 1.21 bits per heavy atom. The lowest BCUT2D eigenvalue weighted by atomic mass is 9.84. The average molecular weight is 470 g/mol. The summed E-state index contributed by atoms with van der Waals surface area (Å²) >= 11 is 1.61. The van der Waals surface area contributed by atoms with Crippen molar-refractivity contribution >= 4 is 22.8 Å². The predicted octanol–water partition coefficient (Wildman–Crippen LogP) is 6.57. The summed E-state index contributed by atoms with van der Waals surface area (Å²) in [6, 6.07) is 0.643. The molecule has 1 aliphatic heterocycles. The summed E-state index contributed by atoms with van der Waals surface area (Å²) in [5, 5.41) is 1.03. The van der Waals surface area contributed by atoms with Gasteiger partial charge in [0.1, 0.15) is 9.88 Å². The van der Waals surface area contributed by atoms with Crippen molar-refractivity contribution in [3.05, 3.63) is 33.3 Å². The fourth-order valence-electron chi connectivity index (χ4n) is 5.44. The Kier molecular flexibility index (Phi) is 8.11. The van der Waals surface area contributed by atoms with Crippen molar-refractivity contribution in [3.8, 4) is 0 Å². The zero-order valence-corrected chi connectivity index (χ0v) is 22.2. The summed E-state index contributed by atoms with van der Waals surface area (Å²) in [6.07, 6.45) is 13.3. The molecule has 0 radical (unpaired) electrons. The molecule has 5 heteroatoms. The van der Waals surface area contributed by atoms with E-state index in [2.05, 4.69) is 49.6 Å². The fraction of sp³-hybridized carbons (Fsp3) is 0.714. The highest BCUT2D eigenvalue weighted by Crippen LogP contribution is 2.39. The van der Waals surface area contributed by atoms with Gasteiger partial charge in [-0.1, -0.05) is 39.8 Å². The molecule has 1 aromatic heterocycles. The number of carbonyl (C=O) groups excluding carboxylic acids is 1. The molecule has 1 atom stereocenters. The molecular formula is C28H43N3OS. The van der Waals surface area contributed by atoms with Crippen LogP contribution in [0, 0.1) is 24.7 Å². The summed E-state index contributed by atoms with van der Waals surface area (Å²) in [5.74, 6) is 2.17. The van der Waals surface area contributed by atoms with E-state index < -0.39 is 0 Å². The number of likely N-dealkylation sites (tertiary alicyclic amines) is 1. The van der Waals surface area contributed by atoms with E-state index in [1.54, 1.807) is 11.3 Å². The van der Waals surface area contributed by atoms with E-state index >= 15 is 0 Å². The number of thiazole rings is 1. The molecule has 2 heterocycles. The number of aryl methyl sites for hydroxylation is 1. The molecule has 1 saturated heterocycles. The van der Waals surface area contributed by atoms with Gasteiger partial charge in [-0.15, -0.1) is 11.3 Å². The molecule has 182 valence electrons. The third-order valence-corrected chi connectivity index (χ3v) is 8.87. The number of nitrogens with zero attached hydrogens (tertiary/aromatic N) is 3. The second kappa shape index (κ2) is 10.9. The topological polar surface area (TPSA) is 36.4 Å². The minimum absolute atomic E-state index is 0.192. The maximum atomic E-state index is 13.5. The fourth-order valence-corrected chi connectivity index (χ4v) is 6.53. The monoisotopic (exact) mass is 469 g/mol. The first-order chi connectivity index (χ1) is 15.9. The van der Waals surface area contributed by atoms with Crippen LogP contribution >= 0.6 is 11.3 Å². The first-order valence-corrected chi connectivity index (χ1v) is 14.2. The predicted molar refractivity (Wildman–Crippen MR) is 140 cm³/mol. The van der Waals surface area contributed by atoms with Crippen LogP contribution in [-0.2, 0) is 0 Å². The first kappa shape index (κ1) is 24.7. The Morgan fingerprint density at radius 2 is 1.94 bits per heavy atom. The van der Waals surface area contributed by atoms with E-state index in [1.165, 1.54) is 43.5 Å². The Hall–Kier alpha value is -1.46. The van der Waals surface area contributed by atoms with Crippen LogP contribution in [0.5, 0.6) is 0 Å². The van der Waals surface area contributed by atoms with E-state index in [0.717, 1.165) is 60.3 Å². The molecule has 2 aliphatic carbocycles. The second-order valence-corrected chi connectivity index (χ2v) is 11.7. The van der Waals surface area contributed by atoms with Gasteiger partial charge in [-0.3, -0.25) is 9.69 Å². The van der Waals surface area contributed by atoms with Crippen molar-refractivity contribution in [2.24, 2.45) is 17.8 Å². The molecule has 33 heavy (non-hydrogen) atoms. The molecule has 1 aromatic rings. The van der Waals surface area contributed by atoms with E-state index in [4.69, 9.17) is 4.98 Å². The second-order valence-electron chi connectivity index (χ2n) is 10.7. The van der Waals surface area contributed by atoms with Gasteiger partial charge in [0.05, 0.1) is 5.69 Å². The van der Waals surface area contributed by atoms with Gasteiger partial charge < -0.3 is 4.90 Å². The minimum Gasteiger partial charge on any atom is -0.338 e. The smallest absolute Gasteiger partial charge is 0.265 e. The summed E-state index contributed by atoms with van der Waals surface area (Å²) in [6.45, 7) is 15.3. The highest BCUT2D eigenvalue weighted by molar-refractivity contribution is 7.15. The first-order valence-electron chi connectivity index (χ1n) is 13.3. The van der Waals surface area contributed by atoms with Crippen LogP contribution in [0.3, 0.4) is 0 Å². The summed E-state index contributed by atoms with van der Waals surface area (Å²) in [7, 11) is 0. The van der Waals surface area contributed by atoms with Crippen molar-refractivity contribution in [2.75, 3.05) is 26.2 Å². The summed E-state index contributed by atoms with van der Waals surface area (Å²) in [5.41, 5.74) is 3.55. The van der Waals surface area contributed by atoms with Gasteiger partial charge in [-0.25, -0.2) is 4.98 Å². The maximum Gasteiger partial charge on any atom is 0.265 e. The van der Waals surface area contributed by atoms with Crippen LogP contribution in [0.25, 0.3) is 5.57 Å².